The smallest absolute Gasteiger partial charge is 0.216 e. The van der Waals surface area contributed by atoms with Crippen molar-refractivity contribution in [2.24, 2.45) is 17.6 Å². The summed E-state index contributed by atoms with van der Waals surface area (Å²) in [5.41, 5.74) is 6.78. The maximum Gasteiger partial charge on any atom is 0.216 e. The summed E-state index contributed by atoms with van der Waals surface area (Å²) in [7, 11) is 0. The van der Waals surface area contributed by atoms with Gasteiger partial charge in [-0.2, -0.15) is 4.98 Å². The Morgan fingerprint density at radius 3 is 2.61 bits per heavy atom. The SMILES string of the molecule is Cc1cc(OCC2CCCCC2CN)nc(C)n1. The van der Waals surface area contributed by atoms with Crippen molar-refractivity contribution < 1.29 is 4.74 Å². The Kier molecular flexibility index (Phi) is 4.53. The van der Waals surface area contributed by atoms with Crippen molar-refractivity contribution in [1.82, 2.24) is 9.97 Å². The number of nitrogens with two attached hydrogens (primary N) is 1. The van der Waals surface area contributed by atoms with Crippen LogP contribution in [0.5, 0.6) is 5.88 Å². The van der Waals surface area contributed by atoms with Gasteiger partial charge in [0.1, 0.15) is 5.82 Å². The van der Waals surface area contributed by atoms with Crippen molar-refractivity contribution in [3.8, 4) is 5.88 Å². The van der Waals surface area contributed by atoms with Crippen molar-refractivity contribution >= 4 is 0 Å². The number of rotatable bonds is 4. The van der Waals surface area contributed by atoms with Crippen LogP contribution in [0.15, 0.2) is 6.07 Å². The van der Waals surface area contributed by atoms with E-state index in [2.05, 4.69) is 9.97 Å². The van der Waals surface area contributed by atoms with E-state index >= 15 is 0 Å². The third-order valence-corrected chi connectivity index (χ3v) is 3.76. The first kappa shape index (κ1) is 13.3. The predicted molar refractivity (Wildman–Crippen MR) is 71.5 cm³/mol. The maximum atomic E-state index is 5.83. The van der Waals surface area contributed by atoms with Crippen molar-refractivity contribution in [3.05, 3.63) is 17.6 Å². The van der Waals surface area contributed by atoms with Gasteiger partial charge in [-0.05, 0) is 45.1 Å². The van der Waals surface area contributed by atoms with Crippen molar-refractivity contribution in [2.75, 3.05) is 13.2 Å². The highest BCUT2D eigenvalue weighted by Crippen LogP contribution is 2.29. The second-order valence-corrected chi connectivity index (χ2v) is 5.25. The minimum absolute atomic E-state index is 0.583. The van der Waals surface area contributed by atoms with Crippen molar-refractivity contribution in [1.29, 1.82) is 0 Å². The zero-order chi connectivity index (χ0) is 13.0. The summed E-state index contributed by atoms with van der Waals surface area (Å²) in [5, 5.41) is 0. The van der Waals surface area contributed by atoms with Crippen LogP contribution in [-0.4, -0.2) is 23.1 Å². The number of nitrogens with zero attached hydrogens (tertiary/aromatic N) is 2. The lowest BCUT2D eigenvalue weighted by Gasteiger charge is -2.30. The Hall–Kier alpha value is -1.16. The fourth-order valence-corrected chi connectivity index (χ4v) is 2.76. The van der Waals surface area contributed by atoms with Gasteiger partial charge in [0.05, 0.1) is 6.61 Å². The fraction of sp³-hybridized carbons (Fsp3) is 0.714. The summed E-state index contributed by atoms with van der Waals surface area (Å²) < 4.78 is 5.83. The van der Waals surface area contributed by atoms with Crippen LogP contribution in [0.3, 0.4) is 0 Å². The molecule has 4 heteroatoms. The van der Waals surface area contributed by atoms with Crippen molar-refractivity contribution in [3.63, 3.8) is 0 Å². The molecule has 0 bridgehead atoms. The minimum Gasteiger partial charge on any atom is -0.477 e. The summed E-state index contributed by atoms with van der Waals surface area (Å²) in [4.78, 5) is 8.55. The molecule has 2 atom stereocenters. The Balaban J connectivity index is 1.93. The number of aromatic nitrogens is 2. The molecule has 100 valence electrons. The molecule has 0 aromatic carbocycles. The monoisotopic (exact) mass is 249 g/mol. The molecule has 2 N–H and O–H groups in total. The summed E-state index contributed by atoms with van der Waals surface area (Å²) in [6.45, 7) is 5.36. The van der Waals surface area contributed by atoms with Crippen LogP contribution in [0.25, 0.3) is 0 Å². The molecule has 0 radical (unpaired) electrons. The molecule has 2 rings (SSSR count). The number of aryl methyl sites for hydroxylation is 2. The lowest BCUT2D eigenvalue weighted by Crippen LogP contribution is -2.30. The van der Waals surface area contributed by atoms with Crippen LogP contribution in [0.2, 0.25) is 0 Å². The number of hydrogen-bond donors (Lipinski definition) is 1. The molecule has 4 nitrogen and oxygen atoms in total. The average molecular weight is 249 g/mol. The second-order valence-electron chi connectivity index (χ2n) is 5.25. The Labute approximate surface area is 109 Å². The molecule has 0 spiro atoms. The van der Waals surface area contributed by atoms with E-state index in [1.54, 1.807) is 0 Å². The van der Waals surface area contributed by atoms with Gasteiger partial charge in [-0.15, -0.1) is 0 Å². The van der Waals surface area contributed by atoms with E-state index < -0.39 is 0 Å². The lowest BCUT2D eigenvalue weighted by molar-refractivity contribution is 0.149. The van der Waals surface area contributed by atoms with Crippen LogP contribution < -0.4 is 10.5 Å². The summed E-state index contributed by atoms with van der Waals surface area (Å²) >= 11 is 0. The van der Waals surface area contributed by atoms with Crippen LogP contribution >= 0.6 is 0 Å². The fourth-order valence-electron chi connectivity index (χ4n) is 2.76. The van der Waals surface area contributed by atoms with Crippen molar-refractivity contribution in [2.45, 2.75) is 39.5 Å². The molecular formula is C14H23N3O. The van der Waals surface area contributed by atoms with Gasteiger partial charge in [-0.1, -0.05) is 12.8 Å². The molecule has 18 heavy (non-hydrogen) atoms. The average Bonchev–Trinajstić information content (AvgIpc) is 2.35. The largest absolute Gasteiger partial charge is 0.477 e. The molecule has 1 aromatic heterocycles. The van der Waals surface area contributed by atoms with E-state index in [1.165, 1.54) is 25.7 Å². The van der Waals surface area contributed by atoms with E-state index in [4.69, 9.17) is 10.5 Å². The van der Waals surface area contributed by atoms with Gasteiger partial charge in [0.15, 0.2) is 0 Å². The summed E-state index contributed by atoms with van der Waals surface area (Å²) in [6, 6.07) is 1.90. The van der Waals surface area contributed by atoms with Crippen LogP contribution in [0.1, 0.15) is 37.2 Å². The molecule has 1 aromatic rings. The highest BCUT2D eigenvalue weighted by atomic mass is 16.5. The molecular weight excluding hydrogens is 226 g/mol. The van der Waals surface area contributed by atoms with Gasteiger partial charge < -0.3 is 10.5 Å². The molecule has 2 unspecified atom stereocenters. The molecule has 0 aliphatic heterocycles. The van der Waals surface area contributed by atoms with Gasteiger partial charge in [-0.25, -0.2) is 4.98 Å². The van der Waals surface area contributed by atoms with Crippen LogP contribution in [0.4, 0.5) is 0 Å². The normalized spacial score (nSPS) is 23.9. The summed E-state index contributed by atoms with van der Waals surface area (Å²) in [5.74, 6) is 2.66. The zero-order valence-electron chi connectivity index (χ0n) is 11.4. The van der Waals surface area contributed by atoms with Gasteiger partial charge in [-0.3, -0.25) is 0 Å². The predicted octanol–water partition coefficient (Wildman–Crippen LogP) is 2.24. The van der Waals surface area contributed by atoms with E-state index in [9.17, 15) is 0 Å². The molecule has 0 saturated heterocycles. The molecule has 1 aliphatic rings. The molecule has 1 aliphatic carbocycles. The Morgan fingerprint density at radius 1 is 1.22 bits per heavy atom. The van der Waals surface area contributed by atoms with Gasteiger partial charge >= 0.3 is 0 Å². The van der Waals surface area contributed by atoms with Gasteiger partial charge in [0.2, 0.25) is 5.88 Å². The molecule has 1 heterocycles. The van der Waals surface area contributed by atoms with Crippen LogP contribution in [-0.2, 0) is 0 Å². The quantitative estimate of drug-likeness (QED) is 0.889. The lowest BCUT2D eigenvalue weighted by atomic mass is 9.80. The Bertz CT molecular complexity index is 374. The van der Waals surface area contributed by atoms with E-state index in [-0.39, 0.29) is 0 Å². The summed E-state index contributed by atoms with van der Waals surface area (Å²) in [6.07, 6.45) is 5.08. The highest BCUT2D eigenvalue weighted by molar-refractivity contribution is 5.14. The number of ether oxygens (including phenoxy) is 1. The van der Waals surface area contributed by atoms with Gasteiger partial charge in [0, 0.05) is 11.8 Å². The highest BCUT2D eigenvalue weighted by Gasteiger charge is 2.24. The molecule has 1 fully saturated rings. The standard InChI is InChI=1S/C14H23N3O/c1-10-7-14(17-11(2)16-10)18-9-13-6-4-3-5-12(13)8-15/h7,12-13H,3-6,8-9,15H2,1-2H3. The van der Waals surface area contributed by atoms with E-state index in [0.29, 0.717) is 17.7 Å². The first-order valence-electron chi connectivity index (χ1n) is 6.84. The van der Waals surface area contributed by atoms with E-state index in [1.807, 2.05) is 19.9 Å². The third-order valence-electron chi connectivity index (χ3n) is 3.76. The first-order valence-corrected chi connectivity index (χ1v) is 6.84. The third kappa shape index (κ3) is 3.42. The molecule has 0 amide bonds. The zero-order valence-corrected chi connectivity index (χ0v) is 11.4. The van der Waals surface area contributed by atoms with Crippen LogP contribution in [0, 0.1) is 25.7 Å². The topological polar surface area (TPSA) is 61.0 Å². The van der Waals surface area contributed by atoms with Gasteiger partial charge in [0.25, 0.3) is 0 Å². The number of hydrogen-bond acceptors (Lipinski definition) is 4. The first-order chi connectivity index (χ1) is 8.69. The minimum atomic E-state index is 0.583. The van der Waals surface area contributed by atoms with E-state index in [0.717, 1.165) is 24.7 Å². The molecule has 1 saturated carbocycles. The second kappa shape index (κ2) is 6.14. The maximum absolute atomic E-state index is 5.83. The Morgan fingerprint density at radius 2 is 1.94 bits per heavy atom.